The molecule has 0 unspecified atom stereocenters. The number of methoxy groups -OCH3 is 1. The van der Waals surface area contributed by atoms with Crippen molar-refractivity contribution < 1.29 is 9.13 Å². The van der Waals surface area contributed by atoms with Gasteiger partial charge in [0.25, 0.3) is 0 Å². The normalized spacial score (nSPS) is 14.6. The molecule has 3 heterocycles. The maximum atomic E-state index is 13.6. The van der Waals surface area contributed by atoms with E-state index < -0.39 is 0 Å². The SMILES string of the molecule is CC.COCCNC1CCN(c2cn(Sc3cccc(F)c3)c3cccnc23)CC1. The maximum Gasteiger partial charge on any atom is 0.124 e. The second-order valence-electron chi connectivity index (χ2n) is 6.97. The number of benzene rings is 1. The largest absolute Gasteiger partial charge is 0.383 e. The molecule has 1 fully saturated rings. The van der Waals surface area contributed by atoms with Crippen LogP contribution in [0.1, 0.15) is 26.7 Å². The first-order valence-electron chi connectivity index (χ1n) is 10.6. The van der Waals surface area contributed by atoms with Crippen molar-refractivity contribution in [1.82, 2.24) is 14.3 Å². The molecule has 1 saturated heterocycles. The van der Waals surface area contributed by atoms with Crippen molar-refractivity contribution in [3.63, 3.8) is 0 Å². The second-order valence-corrected chi connectivity index (χ2v) is 8.02. The van der Waals surface area contributed by atoms with Gasteiger partial charge in [-0.1, -0.05) is 19.9 Å². The Balaban J connectivity index is 0.00000124. The first-order chi connectivity index (χ1) is 14.7. The molecular weight excluding hydrogens is 399 g/mol. The molecular formula is C23H31FN4OS. The summed E-state index contributed by atoms with van der Waals surface area (Å²) in [7, 11) is 1.73. The lowest BCUT2D eigenvalue weighted by Gasteiger charge is -2.33. The number of aromatic nitrogens is 2. The van der Waals surface area contributed by atoms with Crippen LogP contribution in [-0.4, -0.2) is 48.3 Å². The van der Waals surface area contributed by atoms with E-state index in [2.05, 4.69) is 31.4 Å². The summed E-state index contributed by atoms with van der Waals surface area (Å²) >= 11 is 1.51. The van der Waals surface area contributed by atoms with Crippen molar-refractivity contribution in [3.8, 4) is 0 Å². The standard InChI is InChI=1S/C21H25FN4OS.C2H6/c1-27-13-10-23-17-7-11-25(12-8-17)20-15-26(19-6-3-9-24-21(19)20)28-18-5-2-4-16(22)14-18;1-2/h2-6,9,14-15,17,23H,7-8,10-13H2,1H3;1-2H3. The number of hydrogen-bond acceptors (Lipinski definition) is 5. The second kappa shape index (κ2) is 11.3. The van der Waals surface area contributed by atoms with Gasteiger partial charge in [0.15, 0.2) is 0 Å². The minimum absolute atomic E-state index is 0.220. The Labute approximate surface area is 182 Å². The van der Waals surface area contributed by atoms with Crippen molar-refractivity contribution in [2.24, 2.45) is 0 Å². The van der Waals surface area contributed by atoms with Crippen LogP contribution in [-0.2, 0) is 4.74 Å². The lowest BCUT2D eigenvalue weighted by molar-refractivity contribution is 0.193. The van der Waals surface area contributed by atoms with Gasteiger partial charge in [0.1, 0.15) is 11.3 Å². The average molecular weight is 431 g/mol. The summed E-state index contributed by atoms with van der Waals surface area (Å²) in [6, 6.07) is 11.2. The van der Waals surface area contributed by atoms with Crippen LogP contribution in [0.2, 0.25) is 0 Å². The highest BCUT2D eigenvalue weighted by Gasteiger charge is 2.22. The lowest BCUT2D eigenvalue weighted by atomic mass is 10.0. The molecule has 0 radical (unpaired) electrons. The van der Waals surface area contributed by atoms with Gasteiger partial charge in [0.05, 0.1) is 17.8 Å². The molecule has 1 aliphatic rings. The molecule has 0 aliphatic carbocycles. The van der Waals surface area contributed by atoms with Crippen molar-refractivity contribution in [2.45, 2.75) is 37.6 Å². The number of pyridine rings is 1. The third-order valence-electron chi connectivity index (χ3n) is 5.08. The highest BCUT2D eigenvalue weighted by molar-refractivity contribution is 7.98. The molecule has 2 aromatic heterocycles. The zero-order valence-electron chi connectivity index (χ0n) is 18.0. The molecule has 5 nitrogen and oxygen atoms in total. The van der Waals surface area contributed by atoms with Crippen LogP contribution in [0, 0.1) is 5.82 Å². The number of ether oxygens (including phenoxy) is 1. The number of nitrogens with zero attached hydrogens (tertiary/aromatic N) is 3. The molecule has 1 aliphatic heterocycles. The first kappa shape index (κ1) is 22.6. The predicted molar refractivity (Wildman–Crippen MR) is 124 cm³/mol. The number of halogens is 1. The van der Waals surface area contributed by atoms with Gasteiger partial charge in [-0.05, 0) is 55.1 Å². The molecule has 0 amide bonds. The van der Waals surface area contributed by atoms with E-state index in [1.807, 2.05) is 32.2 Å². The van der Waals surface area contributed by atoms with Crippen LogP contribution < -0.4 is 10.2 Å². The van der Waals surface area contributed by atoms with Crippen LogP contribution in [0.15, 0.2) is 53.7 Å². The van der Waals surface area contributed by atoms with Gasteiger partial charge < -0.3 is 15.0 Å². The first-order valence-corrected chi connectivity index (χ1v) is 11.4. The van der Waals surface area contributed by atoms with Crippen molar-refractivity contribution in [2.75, 3.05) is 38.3 Å². The van der Waals surface area contributed by atoms with Crippen LogP contribution in [0.5, 0.6) is 0 Å². The number of rotatable bonds is 7. The van der Waals surface area contributed by atoms with E-state index in [0.29, 0.717) is 6.04 Å². The van der Waals surface area contributed by atoms with E-state index in [0.717, 1.165) is 60.7 Å². The Morgan fingerprint density at radius 3 is 2.73 bits per heavy atom. The fourth-order valence-electron chi connectivity index (χ4n) is 3.65. The molecule has 4 rings (SSSR count). The predicted octanol–water partition coefficient (Wildman–Crippen LogP) is 4.96. The van der Waals surface area contributed by atoms with Gasteiger partial charge in [-0.3, -0.25) is 8.96 Å². The smallest absolute Gasteiger partial charge is 0.124 e. The minimum Gasteiger partial charge on any atom is -0.383 e. The fourth-order valence-corrected chi connectivity index (χ4v) is 4.58. The monoisotopic (exact) mass is 430 g/mol. The highest BCUT2D eigenvalue weighted by atomic mass is 32.2. The molecule has 3 aromatic rings. The third-order valence-corrected chi connectivity index (χ3v) is 6.04. The number of anilines is 1. The zero-order chi connectivity index (χ0) is 21.3. The van der Waals surface area contributed by atoms with Gasteiger partial charge in [0, 0.05) is 50.1 Å². The van der Waals surface area contributed by atoms with Gasteiger partial charge >= 0.3 is 0 Å². The summed E-state index contributed by atoms with van der Waals surface area (Å²) in [4.78, 5) is 7.91. The summed E-state index contributed by atoms with van der Waals surface area (Å²) in [6.45, 7) is 7.62. The summed E-state index contributed by atoms with van der Waals surface area (Å²) < 4.78 is 20.8. The minimum atomic E-state index is -0.220. The number of hydrogen-bond donors (Lipinski definition) is 1. The molecule has 0 bridgehead atoms. The van der Waals surface area contributed by atoms with Gasteiger partial charge in [-0.2, -0.15) is 0 Å². The Morgan fingerprint density at radius 2 is 2.00 bits per heavy atom. The average Bonchev–Trinajstić information content (AvgIpc) is 3.14. The Bertz CT molecular complexity index is 924. The highest BCUT2D eigenvalue weighted by Crippen LogP contribution is 2.34. The Kier molecular flexibility index (Phi) is 8.54. The molecule has 30 heavy (non-hydrogen) atoms. The van der Waals surface area contributed by atoms with Crippen molar-refractivity contribution >= 4 is 28.7 Å². The van der Waals surface area contributed by atoms with Crippen LogP contribution in [0.25, 0.3) is 11.0 Å². The molecule has 0 saturated carbocycles. The summed E-state index contributed by atoms with van der Waals surface area (Å²) in [5.74, 6) is -0.220. The summed E-state index contributed by atoms with van der Waals surface area (Å²) in [5, 5.41) is 3.56. The third kappa shape index (κ3) is 5.53. The molecule has 162 valence electrons. The van der Waals surface area contributed by atoms with E-state index in [4.69, 9.17) is 4.74 Å². The van der Waals surface area contributed by atoms with Gasteiger partial charge in [0.2, 0.25) is 0 Å². The summed E-state index contributed by atoms with van der Waals surface area (Å²) in [5.41, 5.74) is 3.19. The molecule has 0 atom stereocenters. The zero-order valence-corrected chi connectivity index (χ0v) is 18.8. The van der Waals surface area contributed by atoms with Crippen LogP contribution in [0.3, 0.4) is 0 Å². The topological polar surface area (TPSA) is 42.3 Å². The van der Waals surface area contributed by atoms with Gasteiger partial charge in [-0.15, -0.1) is 0 Å². The number of fused-ring (bicyclic) bond motifs is 1. The Hall–Kier alpha value is -2.09. The lowest BCUT2D eigenvalue weighted by Crippen LogP contribution is -2.43. The molecule has 7 heteroatoms. The molecule has 0 spiro atoms. The van der Waals surface area contributed by atoms with E-state index >= 15 is 0 Å². The molecule has 1 N–H and O–H groups in total. The van der Waals surface area contributed by atoms with E-state index in [9.17, 15) is 4.39 Å². The van der Waals surface area contributed by atoms with Crippen molar-refractivity contribution in [1.29, 1.82) is 0 Å². The van der Waals surface area contributed by atoms with Crippen molar-refractivity contribution in [3.05, 3.63) is 54.6 Å². The van der Waals surface area contributed by atoms with E-state index in [1.165, 1.54) is 18.0 Å². The maximum absolute atomic E-state index is 13.6. The van der Waals surface area contributed by atoms with Gasteiger partial charge in [-0.25, -0.2) is 4.39 Å². The van der Waals surface area contributed by atoms with E-state index in [1.54, 1.807) is 19.2 Å². The van der Waals surface area contributed by atoms with Crippen LogP contribution >= 0.6 is 11.9 Å². The van der Waals surface area contributed by atoms with Crippen LogP contribution in [0.4, 0.5) is 10.1 Å². The number of piperidine rings is 1. The summed E-state index contributed by atoms with van der Waals surface area (Å²) in [6.07, 6.45) is 6.16. The fraction of sp³-hybridized carbons (Fsp3) is 0.435. The quantitative estimate of drug-likeness (QED) is 0.537. The Morgan fingerprint density at radius 1 is 1.20 bits per heavy atom. The van der Waals surface area contributed by atoms with E-state index in [-0.39, 0.29) is 5.82 Å². The molecule has 1 aromatic carbocycles. The number of nitrogens with one attached hydrogen (secondary N) is 1.